The third-order valence-electron chi connectivity index (χ3n) is 9.78. The summed E-state index contributed by atoms with van der Waals surface area (Å²) in [6.07, 6.45) is 7.34. The van der Waals surface area contributed by atoms with Gasteiger partial charge >= 0.3 is 0 Å². The Bertz CT molecular complexity index is 1470. The molecule has 2 saturated heterocycles. The minimum absolute atomic E-state index is 0.196. The molecule has 3 aromatic rings. The Hall–Kier alpha value is -2.91. The molecule has 1 aromatic heterocycles. The molecule has 0 spiro atoms. The summed E-state index contributed by atoms with van der Waals surface area (Å²) in [5, 5.41) is 8.17. The predicted octanol–water partition coefficient (Wildman–Crippen LogP) is 5.95. The largest absolute Gasteiger partial charge is 0.490 e. The van der Waals surface area contributed by atoms with E-state index in [1.165, 1.54) is 30.5 Å². The fourth-order valence-corrected chi connectivity index (χ4v) is 7.68. The van der Waals surface area contributed by atoms with Gasteiger partial charge in [-0.2, -0.15) is 5.10 Å². The maximum absolute atomic E-state index is 12.5. The molecule has 1 aliphatic carbocycles. The lowest BCUT2D eigenvalue weighted by Gasteiger charge is -2.38. The van der Waals surface area contributed by atoms with Gasteiger partial charge in [0.1, 0.15) is 5.75 Å². The summed E-state index contributed by atoms with van der Waals surface area (Å²) in [6.45, 7) is 9.87. The van der Waals surface area contributed by atoms with Gasteiger partial charge < -0.3 is 9.64 Å². The zero-order chi connectivity index (χ0) is 30.1. The third kappa shape index (κ3) is 6.78. The van der Waals surface area contributed by atoms with Crippen molar-refractivity contribution in [3.63, 3.8) is 0 Å². The molecular formula is C34H44BrN5O3. The van der Waals surface area contributed by atoms with Crippen LogP contribution in [0.15, 0.2) is 40.9 Å². The van der Waals surface area contributed by atoms with E-state index in [-0.39, 0.29) is 17.7 Å². The molecule has 2 amide bonds. The Morgan fingerprint density at radius 2 is 1.81 bits per heavy atom. The van der Waals surface area contributed by atoms with Gasteiger partial charge in [-0.25, -0.2) is 0 Å². The van der Waals surface area contributed by atoms with Gasteiger partial charge in [-0.05, 0) is 87.6 Å². The average Bonchev–Trinajstić information content (AvgIpc) is 3.32. The third-order valence-corrected chi connectivity index (χ3v) is 10.6. The van der Waals surface area contributed by atoms with Gasteiger partial charge in [-0.1, -0.05) is 28.9 Å². The van der Waals surface area contributed by atoms with Crippen LogP contribution >= 0.6 is 15.9 Å². The molecule has 2 aliphatic heterocycles. The highest BCUT2D eigenvalue weighted by atomic mass is 79.9. The van der Waals surface area contributed by atoms with Crippen LogP contribution < -0.4 is 15.0 Å². The van der Waals surface area contributed by atoms with E-state index in [1.807, 2.05) is 11.7 Å². The van der Waals surface area contributed by atoms with Gasteiger partial charge in [0.25, 0.3) is 0 Å². The Kier molecular flexibility index (Phi) is 9.10. The summed E-state index contributed by atoms with van der Waals surface area (Å²) < 4.78 is 9.37. The number of piperazine rings is 1. The van der Waals surface area contributed by atoms with Gasteiger partial charge in [0, 0.05) is 67.3 Å². The molecule has 0 radical (unpaired) electrons. The van der Waals surface area contributed by atoms with Crippen molar-refractivity contribution >= 4 is 44.3 Å². The van der Waals surface area contributed by atoms with Crippen LogP contribution in [0.4, 0.5) is 5.69 Å². The predicted molar refractivity (Wildman–Crippen MR) is 174 cm³/mol. The fourth-order valence-electron chi connectivity index (χ4n) is 7.34. The summed E-state index contributed by atoms with van der Waals surface area (Å²) in [6, 6.07) is 12.7. The molecule has 2 atom stereocenters. The topological polar surface area (TPSA) is 79.7 Å². The number of halogens is 1. The van der Waals surface area contributed by atoms with Crippen LogP contribution in [-0.2, 0) is 16.6 Å². The number of amides is 2. The number of nitrogens with one attached hydrogen (secondary N) is 1. The molecule has 2 unspecified atom stereocenters. The molecular weight excluding hydrogens is 606 g/mol. The van der Waals surface area contributed by atoms with E-state index in [0.29, 0.717) is 24.9 Å². The smallest absolute Gasteiger partial charge is 0.235 e. The number of nitrogens with zero attached hydrogens (tertiary/aromatic N) is 4. The maximum Gasteiger partial charge on any atom is 0.235 e. The van der Waals surface area contributed by atoms with E-state index in [4.69, 9.17) is 9.84 Å². The Morgan fingerprint density at radius 3 is 2.56 bits per heavy atom. The maximum atomic E-state index is 12.5. The normalized spacial score (nSPS) is 24.3. The number of rotatable bonds is 8. The number of aromatic nitrogens is 2. The number of hydrogen-bond donors (Lipinski definition) is 1. The first kappa shape index (κ1) is 30.1. The molecule has 8 nitrogen and oxygen atoms in total. The van der Waals surface area contributed by atoms with Crippen LogP contribution in [0, 0.1) is 18.8 Å². The van der Waals surface area contributed by atoms with Crippen molar-refractivity contribution in [3.05, 3.63) is 52.1 Å². The number of benzene rings is 2. The molecule has 3 heterocycles. The summed E-state index contributed by atoms with van der Waals surface area (Å²) >= 11 is 3.62. The number of hydrogen-bond acceptors (Lipinski definition) is 6. The van der Waals surface area contributed by atoms with Crippen molar-refractivity contribution in [2.24, 2.45) is 18.9 Å². The average molecular weight is 651 g/mol. The molecule has 6 rings (SSSR count). The molecule has 230 valence electrons. The highest BCUT2D eigenvalue weighted by Crippen LogP contribution is 2.35. The summed E-state index contributed by atoms with van der Waals surface area (Å²) in [4.78, 5) is 29.2. The van der Waals surface area contributed by atoms with Crippen molar-refractivity contribution in [2.45, 2.75) is 70.8 Å². The second kappa shape index (κ2) is 13.0. The number of anilines is 1. The van der Waals surface area contributed by atoms with Crippen LogP contribution in [0.2, 0.25) is 0 Å². The van der Waals surface area contributed by atoms with Crippen LogP contribution in [0.25, 0.3) is 10.9 Å². The zero-order valence-electron chi connectivity index (χ0n) is 25.7. The number of ether oxygens (including phenoxy) is 1. The molecule has 0 bridgehead atoms. The lowest BCUT2D eigenvalue weighted by Crippen LogP contribution is -2.47. The van der Waals surface area contributed by atoms with E-state index in [0.717, 1.165) is 78.3 Å². The zero-order valence-corrected chi connectivity index (χ0v) is 27.2. The number of aryl methyl sites for hydroxylation is 1. The van der Waals surface area contributed by atoms with Crippen molar-refractivity contribution in [1.82, 2.24) is 20.0 Å². The van der Waals surface area contributed by atoms with Gasteiger partial charge in [0.05, 0.1) is 23.2 Å². The first-order valence-corrected chi connectivity index (χ1v) is 16.7. The minimum Gasteiger partial charge on any atom is -0.490 e. The van der Waals surface area contributed by atoms with Crippen molar-refractivity contribution in [1.29, 1.82) is 0 Å². The molecule has 3 fully saturated rings. The first-order valence-electron chi connectivity index (χ1n) is 15.9. The Balaban J connectivity index is 0.969. The molecule has 9 heteroatoms. The van der Waals surface area contributed by atoms with E-state index in [1.54, 1.807) is 0 Å². The summed E-state index contributed by atoms with van der Waals surface area (Å²) in [5.74, 6) is 1.70. The van der Waals surface area contributed by atoms with E-state index < -0.39 is 0 Å². The first-order chi connectivity index (χ1) is 20.7. The van der Waals surface area contributed by atoms with Gasteiger partial charge in [-0.3, -0.25) is 24.5 Å². The van der Waals surface area contributed by atoms with E-state index in [9.17, 15) is 9.59 Å². The van der Waals surface area contributed by atoms with Crippen LogP contribution in [0.5, 0.6) is 5.75 Å². The minimum atomic E-state index is -0.373. The van der Waals surface area contributed by atoms with Crippen LogP contribution in [0.1, 0.15) is 69.0 Å². The number of fused-ring (bicyclic) bond motifs is 1. The monoisotopic (exact) mass is 649 g/mol. The number of carbonyl (C=O) groups excluding carboxylic acids is 2. The molecule has 1 saturated carbocycles. The number of piperidine rings is 1. The van der Waals surface area contributed by atoms with Crippen molar-refractivity contribution < 1.29 is 14.3 Å². The summed E-state index contributed by atoms with van der Waals surface area (Å²) in [5.41, 5.74) is 4.19. The Morgan fingerprint density at radius 1 is 1.05 bits per heavy atom. The molecule has 1 N–H and O–H groups in total. The van der Waals surface area contributed by atoms with E-state index >= 15 is 0 Å². The van der Waals surface area contributed by atoms with Gasteiger partial charge in [0.15, 0.2) is 0 Å². The lowest BCUT2D eigenvalue weighted by atomic mass is 9.82. The van der Waals surface area contributed by atoms with Crippen molar-refractivity contribution in [3.8, 4) is 5.75 Å². The Labute approximate surface area is 263 Å². The van der Waals surface area contributed by atoms with E-state index in [2.05, 4.69) is 81.3 Å². The van der Waals surface area contributed by atoms with Crippen LogP contribution in [-0.4, -0.2) is 65.3 Å². The number of carbonyl (C=O) groups is 2. The highest BCUT2D eigenvalue weighted by Gasteiger charge is 2.32. The summed E-state index contributed by atoms with van der Waals surface area (Å²) in [7, 11) is 1.93. The van der Waals surface area contributed by atoms with Gasteiger partial charge in [-0.15, -0.1) is 0 Å². The fraction of sp³-hybridized carbons (Fsp3) is 0.559. The van der Waals surface area contributed by atoms with Gasteiger partial charge in [0.2, 0.25) is 11.8 Å². The SMILES string of the molecule is Cc1c(Br)cccc1OC1CCC(CC(C)CN2CCN(c3ccc4c(C5CCC(=O)NC5=O)nn(C)c4c3)CC2)CC1. The molecule has 3 aliphatic rings. The standard InChI is InChI=1S/C34H44BrN5O3/c1-22(19-24-7-10-26(11-8-24)43-31-6-4-5-29(35)23(31)2)21-39-15-17-40(18-16-39)25-9-12-27-30(20-25)38(3)37-33(27)28-13-14-32(41)36-34(28)42/h4-6,9,12,20,22,24,26,28H,7-8,10-11,13-19,21H2,1-3H3,(H,36,41,42). The number of imide groups is 1. The second-order valence-electron chi connectivity index (χ2n) is 13.0. The van der Waals surface area contributed by atoms with Crippen LogP contribution in [0.3, 0.4) is 0 Å². The second-order valence-corrected chi connectivity index (χ2v) is 13.8. The highest BCUT2D eigenvalue weighted by molar-refractivity contribution is 9.10. The van der Waals surface area contributed by atoms with Crippen molar-refractivity contribution in [2.75, 3.05) is 37.6 Å². The quantitative estimate of drug-likeness (QED) is 0.304. The lowest BCUT2D eigenvalue weighted by molar-refractivity contribution is -0.134. The molecule has 43 heavy (non-hydrogen) atoms. The molecule has 2 aromatic carbocycles.